The standard InChI is InChI=1S/C8H2ClF7O/c9-5-2-3(10)1-4(7(11,12)13)6(5)17-8(14,15)16/h1-2H. The van der Waals surface area contributed by atoms with Gasteiger partial charge in [0.05, 0.1) is 5.02 Å². The van der Waals surface area contributed by atoms with Crippen LogP contribution in [0.2, 0.25) is 5.02 Å². The van der Waals surface area contributed by atoms with Crippen LogP contribution in [0.25, 0.3) is 0 Å². The summed E-state index contributed by atoms with van der Waals surface area (Å²) in [5.41, 5.74) is -1.93. The highest BCUT2D eigenvalue weighted by molar-refractivity contribution is 6.32. The third kappa shape index (κ3) is 3.65. The summed E-state index contributed by atoms with van der Waals surface area (Å²) in [4.78, 5) is 0. The zero-order valence-corrected chi connectivity index (χ0v) is 8.34. The van der Waals surface area contributed by atoms with Crippen LogP contribution in [0, 0.1) is 5.82 Å². The Labute approximate surface area is 94.7 Å². The van der Waals surface area contributed by atoms with E-state index in [1.54, 1.807) is 0 Å². The maximum absolute atomic E-state index is 12.6. The molecule has 0 spiro atoms. The Hall–Kier alpha value is -1.18. The fraction of sp³-hybridized carbons (Fsp3) is 0.250. The Morgan fingerprint density at radius 1 is 1.00 bits per heavy atom. The Morgan fingerprint density at radius 2 is 1.53 bits per heavy atom. The average Bonchev–Trinajstić information content (AvgIpc) is 2.05. The summed E-state index contributed by atoms with van der Waals surface area (Å²) in [6, 6.07) is 0.158. The van der Waals surface area contributed by atoms with Crippen LogP contribution in [0.5, 0.6) is 5.75 Å². The first kappa shape index (κ1) is 13.9. The molecule has 0 saturated heterocycles. The molecule has 1 aromatic rings. The monoisotopic (exact) mass is 282 g/mol. The maximum atomic E-state index is 12.6. The van der Waals surface area contributed by atoms with Gasteiger partial charge in [0.15, 0.2) is 5.75 Å². The number of ether oxygens (including phenoxy) is 1. The molecular weight excluding hydrogens is 281 g/mol. The summed E-state index contributed by atoms with van der Waals surface area (Å²) < 4.78 is 88.3. The molecule has 1 nitrogen and oxygen atoms in total. The summed E-state index contributed by atoms with van der Waals surface area (Å²) in [6.07, 6.45) is -10.6. The minimum Gasteiger partial charge on any atom is -0.404 e. The summed E-state index contributed by atoms with van der Waals surface area (Å²) in [6.45, 7) is 0. The molecule has 0 aliphatic rings. The molecule has 0 aliphatic heterocycles. The molecule has 0 aromatic heterocycles. The highest BCUT2D eigenvalue weighted by Crippen LogP contribution is 2.42. The van der Waals surface area contributed by atoms with Crippen molar-refractivity contribution in [3.8, 4) is 5.75 Å². The molecule has 0 N–H and O–H groups in total. The Balaban J connectivity index is 3.36. The predicted molar refractivity (Wildman–Crippen MR) is 43.1 cm³/mol. The van der Waals surface area contributed by atoms with Gasteiger partial charge in [0.25, 0.3) is 0 Å². The third-order valence-electron chi connectivity index (χ3n) is 1.53. The number of alkyl halides is 6. The van der Waals surface area contributed by atoms with E-state index in [9.17, 15) is 30.7 Å². The Morgan fingerprint density at radius 3 is 1.94 bits per heavy atom. The normalized spacial score (nSPS) is 12.7. The zero-order chi connectivity index (χ0) is 13.4. The number of benzene rings is 1. The summed E-state index contributed by atoms with van der Waals surface area (Å²) in [5, 5.41) is -1.12. The molecule has 96 valence electrons. The van der Waals surface area contributed by atoms with Crippen LogP contribution in [-0.4, -0.2) is 6.36 Å². The topological polar surface area (TPSA) is 9.23 Å². The van der Waals surface area contributed by atoms with Crippen molar-refractivity contribution in [1.29, 1.82) is 0 Å². The number of rotatable bonds is 1. The molecule has 0 radical (unpaired) electrons. The van der Waals surface area contributed by atoms with E-state index >= 15 is 0 Å². The van der Waals surface area contributed by atoms with Crippen molar-refractivity contribution in [2.45, 2.75) is 12.5 Å². The first-order valence-electron chi connectivity index (χ1n) is 3.82. The fourth-order valence-corrected chi connectivity index (χ4v) is 1.23. The largest absolute Gasteiger partial charge is 0.573 e. The van der Waals surface area contributed by atoms with Crippen LogP contribution in [0.15, 0.2) is 12.1 Å². The van der Waals surface area contributed by atoms with Gasteiger partial charge in [-0.3, -0.25) is 0 Å². The van der Waals surface area contributed by atoms with Crippen LogP contribution in [0.4, 0.5) is 30.7 Å². The Bertz CT molecular complexity index is 423. The van der Waals surface area contributed by atoms with Gasteiger partial charge in [0.1, 0.15) is 11.4 Å². The van der Waals surface area contributed by atoms with Gasteiger partial charge in [-0.1, -0.05) is 11.6 Å². The van der Waals surface area contributed by atoms with Crippen molar-refractivity contribution in [2.24, 2.45) is 0 Å². The lowest BCUT2D eigenvalue weighted by atomic mass is 10.2. The van der Waals surface area contributed by atoms with Gasteiger partial charge in [0.2, 0.25) is 0 Å². The molecule has 1 aromatic carbocycles. The molecule has 0 saturated carbocycles. The molecule has 0 heterocycles. The van der Waals surface area contributed by atoms with E-state index in [1.807, 2.05) is 0 Å². The molecule has 0 unspecified atom stereocenters. The van der Waals surface area contributed by atoms with Crippen LogP contribution >= 0.6 is 11.6 Å². The Kier molecular flexibility index (Phi) is 3.47. The molecule has 0 amide bonds. The lowest BCUT2D eigenvalue weighted by Crippen LogP contribution is -2.20. The smallest absolute Gasteiger partial charge is 0.404 e. The van der Waals surface area contributed by atoms with E-state index in [4.69, 9.17) is 11.6 Å². The van der Waals surface area contributed by atoms with Gasteiger partial charge in [-0.25, -0.2) is 4.39 Å². The second-order valence-corrected chi connectivity index (χ2v) is 3.22. The predicted octanol–water partition coefficient (Wildman–Crippen LogP) is 4.40. The minimum absolute atomic E-state index is 0.132. The zero-order valence-electron chi connectivity index (χ0n) is 7.59. The minimum atomic E-state index is -5.36. The lowest BCUT2D eigenvalue weighted by molar-refractivity contribution is -0.276. The van der Waals surface area contributed by atoms with Crippen LogP contribution < -0.4 is 4.74 Å². The summed E-state index contributed by atoms with van der Waals surface area (Å²) in [7, 11) is 0. The highest BCUT2D eigenvalue weighted by Gasteiger charge is 2.41. The molecule has 1 rings (SSSR count). The molecule has 0 fully saturated rings. The quantitative estimate of drug-likeness (QED) is 0.694. The second-order valence-electron chi connectivity index (χ2n) is 2.81. The van der Waals surface area contributed by atoms with Gasteiger partial charge >= 0.3 is 12.5 Å². The molecule has 0 atom stereocenters. The molecular formula is C8H2ClF7O. The first-order chi connectivity index (χ1) is 7.50. The van der Waals surface area contributed by atoms with Gasteiger partial charge in [-0.15, -0.1) is 13.2 Å². The highest BCUT2D eigenvalue weighted by atomic mass is 35.5. The van der Waals surface area contributed by atoms with Crippen molar-refractivity contribution in [1.82, 2.24) is 0 Å². The van der Waals surface area contributed by atoms with E-state index < -0.39 is 34.7 Å². The summed E-state index contributed by atoms with van der Waals surface area (Å²) >= 11 is 5.08. The van der Waals surface area contributed by atoms with Gasteiger partial charge in [0, 0.05) is 0 Å². The van der Waals surface area contributed by atoms with E-state index in [0.29, 0.717) is 0 Å². The van der Waals surface area contributed by atoms with Crippen LogP contribution in [-0.2, 0) is 6.18 Å². The van der Waals surface area contributed by atoms with Gasteiger partial charge < -0.3 is 4.74 Å². The average molecular weight is 283 g/mol. The molecule has 17 heavy (non-hydrogen) atoms. The molecule has 0 aliphatic carbocycles. The van der Waals surface area contributed by atoms with Crippen molar-refractivity contribution < 1.29 is 35.5 Å². The SMILES string of the molecule is Fc1cc(Cl)c(OC(F)(F)F)c(C(F)(F)F)c1. The van der Waals surface area contributed by atoms with Crippen molar-refractivity contribution in [3.05, 3.63) is 28.5 Å². The second kappa shape index (κ2) is 4.25. The van der Waals surface area contributed by atoms with E-state index in [2.05, 4.69) is 4.74 Å². The van der Waals surface area contributed by atoms with Crippen molar-refractivity contribution in [3.63, 3.8) is 0 Å². The number of halogens is 8. The number of hydrogen-bond donors (Lipinski definition) is 0. The van der Waals surface area contributed by atoms with Crippen LogP contribution in [0.3, 0.4) is 0 Å². The van der Waals surface area contributed by atoms with E-state index in [-0.39, 0.29) is 12.1 Å². The van der Waals surface area contributed by atoms with Crippen LogP contribution in [0.1, 0.15) is 5.56 Å². The first-order valence-corrected chi connectivity index (χ1v) is 4.20. The van der Waals surface area contributed by atoms with Gasteiger partial charge in [-0.2, -0.15) is 13.2 Å². The lowest BCUT2D eigenvalue weighted by Gasteiger charge is -2.16. The van der Waals surface area contributed by atoms with Crippen molar-refractivity contribution in [2.75, 3.05) is 0 Å². The van der Waals surface area contributed by atoms with Gasteiger partial charge in [-0.05, 0) is 12.1 Å². The summed E-state index contributed by atoms with van der Waals surface area (Å²) in [5.74, 6) is -3.09. The van der Waals surface area contributed by atoms with Crippen molar-refractivity contribution >= 4 is 11.6 Å². The third-order valence-corrected chi connectivity index (χ3v) is 1.81. The van der Waals surface area contributed by atoms with E-state index in [0.717, 1.165) is 0 Å². The fourth-order valence-electron chi connectivity index (χ4n) is 0.990. The number of hydrogen-bond acceptors (Lipinski definition) is 1. The maximum Gasteiger partial charge on any atom is 0.573 e. The molecule has 0 bridgehead atoms. The molecule has 9 heteroatoms. The van der Waals surface area contributed by atoms with E-state index in [1.165, 1.54) is 0 Å².